The van der Waals surface area contributed by atoms with Crippen LogP contribution in [0.4, 0.5) is 4.79 Å². The maximum atomic E-state index is 12.5. The number of hydrogen-bond donors (Lipinski definition) is 1. The van der Waals surface area contributed by atoms with E-state index in [1.807, 2.05) is 13.0 Å². The van der Waals surface area contributed by atoms with Crippen LogP contribution in [0, 0.1) is 0 Å². The van der Waals surface area contributed by atoms with Gasteiger partial charge in [-0.3, -0.25) is 4.79 Å². The summed E-state index contributed by atoms with van der Waals surface area (Å²) in [7, 11) is -2.83. The van der Waals surface area contributed by atoms with Gasteiger partial charge in [0.25, 0.3) is 15.9 Å². The fourth-order valence-electron chi connectivity index (χ4n) is 2.71. The van der Waals surface area contributed by atoms with Crippen LogP contribution in [-0.4, -0.2) is 51.5 Å². The van der Waals surface area contributed by atoms with Crippen molar-refractivity contribution in [1.29, 1.82) is 0 Å². The minimum absolute atomic E-state index is 0.0159. The number of nitrogens with one attached hydrogen (secondary N) is 1. The highest BCUT2D eigenvalue weighted by molar-refractivity contribution is 7.89. The molecule has 31 heavy (non-hydrogen) atoms. The van der Waals surface area contributed by atoms with E-state index in [1.165, 1.54) is 12.1 Å². The third-order valence-corrected chi connectivity index (χ3v) is 6.14. The van der Waals surface area contributed by atoms with E-state index >= 15 is 0 Å². The van der Waals surface area contributed by atoms with E-state index < -0.39 is 16.1 Å². The molecule has 168 valence electrons. The molecule has 0 saturated carbocycles. The van der Waals surface area contributed by atoms with Gasteiger partial charge in [0.2, 0.25) is 0 Å². The van der Waals surface area contributed by atoms with Gasteiger partial charge in [-0.05, 0) is 49.6 Å². The minimum atomic E-state index is -3.98. The first-order valence-corrected chi connectivity index (χ1v) is 11.5. The van der Waals surface area contributed by atoms with E-state index in [1.54, 1.807) is 37.3 Å². The van der Waals surface area contributed by atoms with Crippen LogP contribution in [0.5, 0.6) is 5.75 Å². The fourth-order valence-corrected chi connectivity index (χ4v) is 3.75. The number of ether oxygens (including phenoxy) is 2. The molecule has 0 fully saturated rings. The molecule has 0 radical (unpaired) electrons. The molecule has 0 aliphatic heterocycles. The summed E-state index contributed by atoms with van der Waals surface area (Å²) < 4.78 is 35.9. The fraction of sp³-hybridized carbons (Fsp3) is 0.364. The van der Waals surface area contributed by atoms with Gasteiger partial charge in [-0.1, -0.05) is 31.2 Å². The smallest absolute Gasteiger partial charge is 0.423 e. The SMILES string of the molecule is CCCOc1ccccc1C(=O)NCCc1ccc(S(=O)(=O)N(C)C(=O)OCC)cc1. The molecule has 2 aromatic carbocycles. The molecular formula is C22H28N2O6S. The number of amides is 2. The molecule has 2 aromatic rings. The number of hydrogen-bond acceptors (Lipinski definition) is 6. The zero-order valence-electron chi connectivity index (χ0n) is 18.0. The van der Waals surface area contributed by atoms with Gasteiger partial charge in [0.05, 0.1) is 23.7 Å². The Hall–Kier alpha value is -3.07. The van der Waals surface area contributed by atoms with E-state index in [-0.39, 0.29) is 17.4 Å². The van der Waals surface area contributed by atoms with Crippen molar-refractivity contribution < 1.29 is 27.5 Å². The van der Waals surface area contributed by atoms with Crippen molar-refractivity contribution in [3.8, 4) is 5.75 Å². The first kappa shape index (κ1) is 24.2. The Morgan fingerprint density at radius 2 is 1.71 bits per heavy atom. The maximum absolute atomic E-state index is 12.5. The Kier molecular flexibility index (Phi) is 8.87. The summed E-state index contributed by atoms with van der Waals surface area (Å²) in [5, 5.41) is 2.85. The van der Waals surface area contributed by atoms with Crippen molar-refractivity contribution in [2.75, 3.05) is 26.8 Å². The molecule has 0 aliphatic carbocycles. The van der Waals surface area contributed by atoms with Gasteiger partial charge in [-0.15, -0.1) is 0 Å². The van der Waals surface area contributed by atoms with Crippen LogP contribution < -0.4 is 10.1 Å². The molecule has 0 unspecified atom stereocenters. The lowest BCUT2D eigenvalue weighted by molar-refractivity contribution is 0.0950. The molecule has 0 bridgehead atoms. The lowest BCUT2D eigenvalue weighted by Crippen LogP contribution is -2.33. The predicted octanol–water partition coefficient (Wildman–Crippen LogP) is 3.22. The number of nitrogens with zero attached hydrogens (tertiary/aromatic N) is 1. The van der Waals surface area contributed by atoms with Crippen molar-refractivity contribution in [2.45, 2.75) is 31.6 Å². The predicted molar refractivity (Wildman–Crippen MR) is 117 cm³/mol. The topological polar surface area (TPSA) is 102 Å². The summed E-state index contributed by atoms with van der Waals surface area (Å²) >= 11 is 0. The molecule has 0 heterocycles. The van der Waals surface area contributed by atoms with Gasteiger partial charge in [0.15, 0.2) is 0 Å². The van der Waals surface area contributed by atoms with Crippen molar-refractivity contribution in [1.82, 2.24) is 9.62 Å². The zero-order chi connectivity index (χ0) is 22.9. The molecule has 0 spiro atoms. The monoisotopic (exact) mass is 448 g/mol. The van der Waals surface area contributed by atoms with Gasteiger partial charge in [0, 0.05) is 13.6 Å². The summed E-state index contributed by atoms with van der Waals surface area (Å²) in [6.45, 7) is 4.58. The summed E-state index contributed by atoms with van der Waals surface area (Å²) in [5.74, 6) is 0.309. The lowest BCUT2D eigenvalue weighted by atomic mass is 10.1. The summed E-state index contributed by atoms with van der Waals surface area (Å²) in [4.78, 5) is 24.2. The van der Waals surface area contributed by atoms with Crippen LogP contribution in [0.3, 0.4) is 0 Å². The minimum Gasteiger partial charge on any atom is -0.493 e. The first-order chi connectivity index (χ1) is 14.8. The maximum Gasteiger partial charge on any atom is 0.423 e. The molecule has 8 nitrogen and oxygen atoms in total. The number of benzene rings is 2. The third-order valence-electron chi connectivity index (χ3n) is 4.40. The molecule has 1 N–H and O–H groups in total. The van der Waals surface area contributed by atoms with Crippen LogP contribution in [0.25, 0.3) is 0 Å². The van der Waals surface area contributed by atoms with Gasteiger partial charge < -0.3 is 14.8 Å². The highest BCUT2D eigenvalue weighted by Gasteiger charge is 2.26. The van der Waals surface area contributed by atoms with Gasteiger partial charge in [-0.25, -0.2) is 17.5 Å². The molecule has 9 heteroatoms. The Bertz CT molecular complexity index is 989. The van der Waals surface area contributed by atoms with E-state index in [0.29, 0.717) is 35.2 Å². The van der Waals surface area contributed by atoms with E-state index in [9.17, 15) is 18.0 Å². The Balaban J connectivity index is 1.96. The molecule has 0 atom stereocenters. The van der Waals surface area contributed by atoms with Crippen LogP contribution in [0.2, 0.25) is 0 Å². The third kappa shape index (κ3) is 6.45. The molecule has 2 rings (SSSR count). The van der Waals surface area contributed by atoms with Crippen LogP contribution >= 0.6 is 0 Å². The molecule has 0 aliphatic rings. The zero-order valence-corrected chi connectivity index (χ0v) is 18.8. The largest absolute Gasteiger partial charge is 0.493 e. The average Bonchev–Trinajstić information content (AvgIpc) is 2.77. The Morgan fingerprint density at radius 3 is 2.35 bits per heavy atom. The second-order valence-corrected chi connectivity index (χ2v) is 8.64. The first-order valence-electron chi connectivity index (χ1n) is 10.1. The number of rotatable bonds is 10. The van der Waals surface area contributed by atoms with E-state index in [2.05, 4.69) is 5.32 Å². The van der Waals surface area contributed by atoms with E-state index in [0.717, 1.165) is 19.0 Å². The van der Waals surface area contributed by atoms with Crippen molar-refractivity contribution in [3.05, 3.63) is 59.7 Å². The standard InChI is InChI=1S/C22H28N2O6S/c1-4-16-30-20-9-7-6-8-19(20)21(25)23-15-14-17-10-12-18(13-11-17)31(27,28)24(3)22(26)29-5-2/h6-13H,4-5,14-16H2,1-3H3,(H,23,25). The number of sulfonamides is 1. The van der Waals surface area contributed by atoms with Gasteiger partial charge in [-0.2, -0.15) is 0 Å². The van der Waals surface area contributed by atoms with Gasteiger partial charge >= 0.3 is 6.09 Å². The second kappa shape index (κ2) is 11.4. The normalized spacial score (nSPS) is 10.9. The van der Waals surface area contributed by atoms with Gasteiger partial charge in [0.1, 0.15) is 5.75 Å². The number of carbonyl (C=O) groups is 2. The lowest BCUT2D eigenvalue weighted by Gasteiger charge is -2.17. The quantitative estimate of drug-likeness (QED) is 0.599. The van der Waals surface area contributed by atoms with Crippen molar-refractivity contribution in [3.63, 3.8) is 0 Å². The van der Waals surface area contributed by atoms with Crippen molar-refractivity contribution in [2.24, 2.45) is 0 Å². The highest BCUT2D eigenvalue weighted by Crippen LogP contribution is 2.19. The van der Waals surface area contributed by atoms with Crippen LogP contribution in [-0.2, 0) is 21.2 Å². The average molecular weight is 449 g/mol. The van der Waals surface area contributed by atoms with Crippen LogP contribution in [0.15, 0.2) is 53.4 Å². The summed E-state index contributed by atoms with van der Waals surface area (Å²) in [6, 6.07) is 13.2. The van der Waals surface area contributed by atoms with E-state index in [4.69, 9.17) is 9.47 Å². The molecule has 0 saturated heterocycles. The summed E-state index contributed by atoms with van der Waals surface area (Å²) in [6.07, 6.45) is 0.423. The molecule has 2 amide bonds. The molecule has 0 aromatic heterocycles. The Labute approximate surface area is 183 Å². The second-order valence-electron chi connectivity index (χ2n) is 6.67. The van der Waals surface area contributed by atoms with Crippen molar-refractivity contribution >= 4 is 22.0 Å². The number of carbonyl (C=O) groups excluding carboxylic acids is 2. The Morgan fingerprint density at radius 1 is 1.03 bits per heavy atom. The summed E-state index contributed by atoms with van der Waals surface area (Å²) in [5.41, 5.74) is 1.31. The van der Waals surface area contributed by atoms with Crippen LogP contribution in [0.1, 0.15) is 36.2 Å². The molecular weight excluding hydrogens is 420 g/mol. The number of para-hydroxylation sites is 1. The highest BCUT2D eigenvalue weighted by atomic mass is 32.2.